The van der Waals surface area contributed by atoms with E-state index in [-0.39, 0.29) is 17.1 Å². The van der Waals surface area contributed by atoms with Gasteiger partial charge in [-0.15, -0.1) is 0 Å². The zero-order valence-electron chi connectivity index (χ0n) is 19.6. The Balaban J connectivity index is 1.72. The second-order valence-electron chi connectivity index (χ2n) is 8.86. The molecule has 0 N–H and O–H groups in total. The summed E-state index contributed by atoms with van der Waals surface area (Å²) in [5, 5.41) is 0.484. The summed E-state index contributed by atoms with van der Waals surface area (Å²) in [6.45, 7) is 6.65. The smallest absolute Gasteiger partial charge is 0.295 e. The van der Waals surface area contributed by atoms with Gasteiger partial charge in [0.15, 0.2) is 5.43 Å². The second-order valence-corrected chi connectivity index (χ2v) is 8.86. The number of hydrogen-bond donors (Lipinski definition) is 0. The van der Waals surface area contributed by atoms with Crippen molar-refractivity contribution in [1.82, 2.24) is 0 Å². The van der Waals surface area contributed by atoms with Crippen molar-refractivity contribution in [2.75, 3.05) is 11.5 Å². The Morgan fingerprint density at radius 1 is 0.941 bits per heavy atom. The van der Waals surface area contributed by atoms with Gasteiger partial charge in [0.1, 0.15) is 11.3 Å². The molecule has 1 aliphatic heterocycles. The van der Waals surface area contributed by atoms with E-state index in [0.717, 1.165) is 41.0 Å². The molecule has 0 saturated heterocycles. The van der Waals surface area contributed by atoms with E-state index in [1.807, 2.05) is 74.5 Å². The van der Waals surface area contributed by atoms with Gasteiger partial charge in [0, 0.05) is 5.69 Å². The molecule has 0 saturated carbocycles. The van der Waals surface area contributed by atoms with Crippen LogP contribution in [0.1, 0.15) is 58.6 Å². The van der Waals surface area contributed by atoms with Gasteiger partial charge in [-0.2, -0.15) is 0 Å². The molecule has 5 heteroatoms. The van der Waals surface area contributed by atoms with Gasteiger partial charge in [-0.3, -0.25) is 14.5 Å². The van der Waals surface area contributed by atoms with E-state index in [0.29, 0.717) is 23.1 Å². The van der Waals surface area contributed by atoms with Gasteiger partial charge in [0.05, 0.1) is 23.6 Å². The number of carbonyl (C=O) groups excluding carboxylic acids is 1. The molecule has 5 rings (SSSR count). The molecule has 0 spiro atoms. The molecule has 4 aromatic rings. The highest BCUT2D eigenvalue weighted by Gasteiger charge is 2.43. The third-order valence-electron chi connectivity index (χ3n) is 6.25. The average Bonchev–Trinajstić information content (AvgIpc) is 3.12. The molecule has 3 aromatic carbocycles. The summed E-state index contributed by atoms with van der Waals surface area (Å²) < 4.78 is 12.0. The van der Waals surface area contributed by atoms with Crippen molar-refractivity contribution in [3.8, 4) is 5.75 Å². The van der Waals surface area contributed by atoms with Gasteiger partial charge in [0.2, 0.25) is 5.76 Å². The first-order valence-electron chi connectivity index (χ1n) is 11.7. The van der Waals surface area contributed by atoms with Crippen LogP contribution in [0.3, 0.4) is 0 Å². The minimum atomic E-state index is -0.611. The van der Waals surface area contributed by atoms with Crippen LogP contribution < -0.4 is 15.1 Å². The van der Waals surface area contributed by atoms with Crippen LogP contribution in [0.5, 0.6) is 5.75 Å². The van der Waals surface area contributed by atoms with Crippen molar-refractivity contribution in [3.05, 3.63) is 105 Å². The number of carbonyl (C=O) groups is 1. The number of aryl methyl sites for hydroxylation is 2. The van der Waals surface area contributed by atoms with Crippen molar-refractivity contribution in [1.29, 1.82) is 0 Å². The molecule has 1 aromatic heterocycles. The van der Waals surface area contributed by atoms with Gasteiger partial charge in [-0.1, -0.05) is 49.2 Å². The van der Waals surface area contributed by atoms with Crippen molar-refractivity contribution in [2.45, 2.75) is 39.7 Å². The Bertz CT molecular complexity index is 1450. The van der Waals surface area contributed by atoms with E-state index >= 15 is 0 Å². The fourth-order valence-electron chi connectivity index (χ4n) is 4.56. The monoisotopic (exact) mass is 453 g/mol. The van der Waals surface area contributed by atoms with E-state index in [1.165, 1.54) is 0 Å². The number of rotatable bonds is 6. The van der Waals surface area contributed by atoms with Crippen LogP contribution in [0.4, 0.5) is 5.69 Å². The number of ether oxygens (including phenoxy) is 1. The number of nitrogens with zero attached hydrogens (tertiary/aromatic N) is 1. The number of amides is 1. The zero-order valence-corrected chi connectivity index (χ0v) is 19.6. The van der Waals surface area contributed by atoms with Gasteiger partial charge >= 0.3 is 0 Å². The number of anilines is 1. The quantitative estimate of drug-likeness (QED) is 0.320. The fourth-order valence-corrected chi connectivity index (χ4v) is 4.56. The molecule has 0 radical (unpaired) electrons. The minimum Gasteiger partial charge on any atom is -0.494 e. The number of unbranched alkanes of at least 4 members (excludes halogenated alkanes) is 1. The molecule has 0 fully saturated rings. The lowest BCUT2D eigenvalue weighted by Crippen LogP contribution is -2.29. The highest BCUT2D eigenvalue weighted by molar-refractivity contribution is 6.10. The van der Waals surface area contributed by atoms with Gasteiger partial charge < -0.3 is 9.15 Å². The maximum atomic E-state index is 13.8. The molecule has 1 amide bonds. The molecule has 1 atom stereocenters. The molecule has 5 nitrogen and oxygen atoms in total. The lowest BCUT2D eigenvalue weighted by Gasteiger charge is -2.26. The summed E-state index contributed by atoms with van der Waals surface area (Å²) >= 11 is 0. The van der Waals surface area contributed by atoms with Crippen molar-refractivity contribution in [3.63, 3.8) is 0 Å². The number of hydrogen-bond acceptors (Lipinski definition) is 4. The SMILES string of the molecule is CCCCOc1cccc(C2c3c(oc4ccc(C)cc4c3=O)C(=O)N2c2cccc(C)c2)c1. The Hall–Kier alpha value is -3.86. The summed E-state index contributed by atoms with van der Waals surface area (Å²) in [6, 6.07) is 20.2. The topological polar surface area (TPSA) is 59.8 Å². The van der Waals surface area contributed by atoms with Crippen molar-refractivity contribution < 1.29 is 13.9 Å². The molecule has 0 aliphatic carbocycles. The van der Waals surface area contributed by atoms with Crippen LogP contribution in [-0.4, -0.2) is 12.5 Å². The second kappa shape index (κ2) is 8.82. The van der Waals surface area contributed by atoms with Crippen molar-refractivity contribution >= 4 is 22.6 Å². The third-order valence-corrected chi connectivity index (χ3v) is 6.25. The molecular formula is C29H27NO4. The van der Waals surface area contributed by atoms with E-state index < -0.39 is 6.04 Å². The predicted molar refractivity (Wildman–Crippen MR) is 134 cm³/mol. The Morgan fingerprint density at radius 2 is 1.74 bits per heavy atom. The Kier molecular flexibility index (Phi) is 5.70. The molecule has 172 valence electrons. The zero-order chi connectivity index (χ0) is 23.8. The highest BCUT2D eigenvalue weighted by atomic mass is 16.5. The summed E-state index contributed by atoms with van der Waals surface area (Å²) in [7, 11) is 0. The molecule has 2 heterocycles. The minimum absolute atomic E-state index is 0.102. The van der Waals surface area contributed by atoms with Crippen molar-refractivity contribution in [2.24, 2.45) is 0 Å². The Labute approximate surface area is 198 Å². The van der Waals surface area contributed by atoms with Crippen LogP contribution in [-0.2, 0) is 0 Å². The number of benzene rings is 3. The largest absolute Gasteiger partial charge is 0.494 e. The Morgan fingerprint density at radius 3 is 2.53 bits per heavy atom. The van der Waals surface area contributed by atoms with Gasteiger partial charge in [-0.25, -0.2) is 0 Å². The van der Waals surface area contributed by atoms with E-state index in [2.05, 4.69) is 6.92 Å². The molecule has 34 heavy (non-hydrogen) atoms. The maximum Gasteiger partial charge on any atom is 0.295 e. The first kappa shape index (κ1) is 22.0. The summed E-state index contributed by atoms with van der Waals surface area (Å²) in [4.78, 5) is 29.2. The maximum absolute atomic E-state index is 13.8. The first-order chi connectivity index (χ1) is 16.5. The summed E-state index contributed by atoms with van der Waals surface area (Å²) in [5.74, 6) is 0.504. The van der Waals surface area contributed by atoms with Crippen LogP contribution in [0.15, 0.2) is 75.9 Å². The van der Waals surface area contributed by atoms with Crippen LogP contribution in [0.25, 0.3) is 11.0 Å². The molecule has 0 bridgehead atoms. The average molecular weight is 454 g/mol. The first-order valence-corrected chi connectivity index (χ1v) is 11.7. The van der Waals surface area contributed by atoms with Crippen LogP contribution in [0.2, 0.25) is 0 Å². The summed E-state index contributed by atoms with van der Waals surface area (Å²) in [5.41, 5.74) is 4.13. The summed E-state index contributed by atoms with van der Waals surface area (Å²) in [6.07, 6.45) is 2.00. The predicted octanol–water partition coefficient (Wildman–Crippen LogP) is 6.34. The molecule has 1 aliphatic rings. The van der Waals surface area contributed by atoms with Gasteiger partial charge in [-0.05, 0) is 67.8 Å². The normalized spacial score (nSPS) is 15.1. The van der Waals surface area contributed by atoms with E-state index in [4.69, 9.17) is 9.15 Å². The standard InChI is InChI=1S/C29H27NO4/c1-4-5-14-33-22-11-7-9-20(17-22)26-25-27(31)23-16-19(3)12-13-24(23)34-28(25)29(32)30(26)21-10-6-8-18(2)15-21/h6-13,15-17,26H,4-5,14H2,1-3H3. The number of fused-ring (bicyclic) bond motifs is 2. The van der Waals surface area contributed by atoms with Crippen LogP contribution in [0, 0.1) is 13.8 Å². The molecule has 1 unspecified atom stereocenters. The van der Waals surface area contributed by atoms with Crippen LogP contribution >= 0.6 is 0 Å². The lowest BCUT2D eigenvalue weighted by atomic mass is 9.97. The lowest BCUT2D eigenvalue weighted by molar-refractivity contribution is 0.0971. The van der Waals surface area contributed by atoms with E-state index in [9.17, 15) is 9.59 Å². The third kappa shape index (κ3) is 3.77. The fraction of sp³-hybridized carbons (Fsp3) is 0.241. The molecular weight excluding hydrogens is 426 g/mol. The van der Waals surface area contributed by atoms with E-state index in [1.54, 1.807) is 11.0 Å². The highest BCUT2D eigenvalue weighted by Crippen LogP contribution is 2.42. The van der Waals surface area contributed by atoms with Gasteiger partial charge in [0.25, 0.3) is 5.91 Å².